The van der Waals surface area contributed by atoms with Gasteiger partial charge in [0.05, 0.1) is 22.9 Å². The third-order valence-electron chi connectivity index (χ3n) is 6.27. The molecular weight excluding hydrogens is 336 g/mol. The molecule has 1 atom stereocenters. The van der Waals surface area contributed by atoms with Gasteiger partial charge < -0.3 is 10.6 Å². The number of fused-ring (bicyclic) bond motifs is 1. The van der Waals surface area contributed by atoms with Gasteiger partial charge in [-0.05, 0) is 57.8 Å². The van der Waals surface area contributed by atoms with E-state index in [1.54, 1.807) is 0 Å². The van der Waals surface area contributed by atoms with Crippen LogP contribution >= 0.6 is 0 Å². The van der Waals surface area contributed by atoms with Crippen LogP contribution in [0.3, 0.4) is 0 Å². The molecule has 144 valence electrons. The fourth-order valence-electron chi connectivity index (χ4n) is 4.57. The van der Waals surface area contributed by atoms with Gasteiger partial charge in [0.2, 0.25) is 5.91 Å². The molecule has 0 radical (unpaired) electrons. The Bertz CT molecular complexity index is 807. The van der Waals surface area contributed by atoms with Crippen LogP contribution in [0.15, 0.2) is 30.3 Å². The van der Waals surface area contributed by atoms with Crippen LogP contribution in [0.2, 0.25) is 0 Å². The van der Waals surface area contributed by atoms with E-state index >= 15 is 0 Å². The largest absolute Gasteiger partial charge is 0.397 e. The second kappa shape index (κ2) is 7.85. The molecule has 4 rings (SSSR count). The van der Waals surface area contributed by atoms with Gasteiger partial charge in [0.1, 0.15) is 0 Å². The standard InChI is InChI=1S/C22H30N4O/c1-16(25-11-5-2-6-12-25)22(27)26-13-9-17(10-14-26)21-19(23)15-18-7-3-4-8-20(18)24-21/h3-4,7-8,15-17H,2,5-6,9-14,23H2,1H3/t16-/m1/s1. The van der Waals surface area contributed by atoms with Crippen molar-refractivity contribution < 1.29 is 4.79 Å². The summed E-state index contributed by atoms with van der Waals surface area (Å²) in [6, 6.07) is 10.2. The average molecular weight is 367 g/mol. The molecule has 5 nitrogen and oxygen atoms in total. The number of carbonyl (C=O) groups excluding carboxylic acids is 1. The number of benzene rings is 1. The predicted molar refractivity (Wildman–Crippen MR) is 110 cm³/mol. The molecule has 1 aromatic heterocycles. The summed E-state index contributed by atoms with van der Waals surface area (Å²) >= 11 is 0. The van der Waals surface area contributed by atoms with Crippen molar-refractivity contribution in [2.75, 3.05) is 31.9 Å². The lowest BCUT2D eigenvalue weighted by atomic mass is 9.91. The van der Waals surface area contributed by atoms with Crippen LogP contribution in [0.5, 0.6) is 0 Å². The Morgan fingerprint density at radius 3 is 2.56 bits per heavy atom. The van der Waals surface area contributed by atoms with Crippen molar-refractivity contribution in [3.05, 3.63) is 36.0 Å². The Balaban J connectivity index is 1.41. The molecule has 2 aromatic rings. The van der Waals surface area contributed by atoms with Crippen molar-refractivity contribution in [2.45, 2.75) is 51.0 Å². The molecule has 2 aliphatic rings. The van der Waals surface area contributed by atoms with E-state index in [1.165, 1.54) is 19.3 Å². The fraction of sp³-hybridized carbons (Fsp3) is 0.545. The number of nitrogens with two attached hydrogens (primary N) is 1. The first kappa shape index (κ1) is 18.2. The van der Waals surface area contributed by atoms with Crippen LogP contribution in [0, 0.1) is 0 Å². The summed E-state index contributed by atoms with van der Waals surface area (Å²) in [6.07, 6.45) is 5.60. The van der Waals surface area contributed by atoms with Crippen LogP contribution in [0.4, 0.5) is 5.69 Å². The smallest absolute Gasteiger partial charge is 0.239 e. The number of amides is 1. The Hall–Kier alpha value is -2.14. The third kappa shape index (κ3) is 3.79. The third-order valence-corrected chi connectivity index (χ3v) is 6.27. The first-order chi connectivity index (χ1) is 13.1. The van der Waals surface area contributed by atoms with Crippen LogP contribution in [-0.4, -0.2) is 52.9 Å². The zero-order valence-electron chi connectivity index (χ0n) is 16.2. The van der Waals surface area contributed by atoms with Crippen molar-refractivity contribution >= 4 is 22.5 Å². The molecule has 0 bridgehead atoms. The molecule has 2 fully saturated rings. The molecule has 1 aromatic carbocycles. The number of nitrogens with zero attached hydrogens (tertiary/aromatic N) is 3. The SMILES string of the molecule is C[C@H](C(=O)N1CCC(c2nc3ccccc3cc2N)CC1)N1CCCCC1. The summed E-state index contributed by atoms with van der Waals surface area (Å²) in [5, 5.41) is 1.08. The number of carbonyl (C=O) groups is 1. The molecule has 0 spiro atoms. The lowest BCUT2D eigenvalue weighted by Crippen LogP contribution is -2.50. The number of hydrogen-bond acceptors (Lipinski definition) is 4. The normalized spacial score (nSPS) is 20.7. The highest BCUT2D eigenvalue weighted by molar-refractivity contribution is 5.83. The monoisotopic (exact) mass is 366 g/mol. The molecule has 2 aliphatic heterocycles. The van der Waals surface area contributed by atoms with Gasteiger partial charge in [0.25, 0.3) is 0 Å². The van der Waals surface area contributed by atoms with Gasteiger partial charge in [-0.25, -0.2) is 0 Å². The number of pyridine rings is 1. The molecule has 2 saturated heterocycles. The number of para-hydroxylation sites is 1. The second-order valence-electron chi connectivity index (χ2n) is 8.03. The van der Waals surface area contributed by atoms with Gasteiger partial charge in [-0.1, -0.05) is 24.6 Å². The number of nitrogen functional groups attached to an aromatic ring is 1. The lowest BCUT2D eigenvalue weighted by molar-refractivity contribution is -0.137. The van der Waals surface area contributed by atoms with Crippen molar-refractivity contribution in [3.8, 4) is 0 Å². The van der Waals surface area contributed by atoms with Gasteiger partial charge in [-0.3, -0.25) is 14.7 Å². The summed E-state index contributed by atoms with van der Waals surface area (Å²) in [4.78, 5) is 22.2. The number of piperidine rings is 2. The van der Waals surface area contributed by atoms with E-state index in [1.807, 2.05) is 35.2 Å². The van der Waals surface area contributed by atoms with Crippen LogP contribution in [-0.2, 0) is 4.79 Å². The van der Waals surface area contributed by atoms with Gasteiger partial charge >= 0.3 is 0 Å². The molecule has 5 heteroatoms. The van der Waals surface area contributed by atoms with E-state index in [9.17, 15) is 4.79 Å². The highest BCUT2D eigenvalue weighted by atomic mass is 16.2. The second-order valence-corrected chi connectivity index (χ2v) is 8.03. The molecule has 1 amide bonds. The summed E-state index contributed by atoms with van der Waals surface area (Å²) < 4.78 is 0. The predicted octanol–water partition coefficient (Wildman–Crippen LogP) is 3.40. The summed E-state index contributed by atoms with van der Waals surface area (Å²) in [7, 11) is 0. The van der Waals surface area contributed by atoms with Crippen LogP contribution in [0.1, 0.15) is 50.6 Å². The quantitative estimate of drug-likeness (QED) is 0.904. The van der Waals surface area contributed by atoms with Gasteiger partial charge in [-0.15, -0.1) is 0 Å². The minimum Gasteiger partial charge on any atom is -0.397 e. The van der Waals surface area contributed by atoms with E-state index in [-0.39, 0.29) is 11.9 Å². The van der Waals surface area contributed by atoms with Crippen molar-refractivity contribution in [1.29, 1.82) is 0 Å². The molecule has 27 heavy (non-hydrogen) atoms. The minimum absolute atomic E-state index is 0.00529. The summed E-state index contributed by atoms with van der Waals surface area (Å²) in [5.74, 6) is 0.624. The number of hydrogen-bond donors (Lipinski definition) is 1. The minimum atomic E-state index is 0.00529. The maximum Gasteiger partial charge on any atom is 0.239 e. The lowest BCUT2D eigenvalue weighted by Gasteiger charge is -2.38. The Morgan fingerprint density at radius 2 is 1.81 bits per heavy atom. The topological polar surface area (TPSA) is 62.5 Å². The molecule has 0 saturated carbocycles. The molecule has 0 unspecified atom stereocenters. The van der Waals surface area contributed by atoms with E-state index in [4.69, 9.17) is 10.7 Å². The Labute approximate surface area is 161 Å². The summed E-state index contributed by atoms with van der Waals surface area (Å²) in [5.41, 5.74) is 9.09. The van der Waals surface area contributed by atoms with Crippen molar-refractivity contribution in [1.82, 2.24) is 14.8 Å². The average Bonchev–Trinajstić information content (AvgIpc) is 2.73. The van der Waals surface area contributed by atoms with Crippen molar-refractivity contribution in [3.63, 3.8) is 0 Å². The van der Waals surface area contributed by atoms with E-state index in [2.05, 4.69) is 11.8 Å². The molecule has 0 aliphatic carbocycles. The highest BCUT2D eigenvalue weighted by Crippen LogP contribution is 2.32. The maximum atomic E-state index is 12.9. The van der Waals surface area contributed by atoms with E-state index < -0.39 is 0 Å². The van der Waals surface area contributed by atoms with Crippen LogP contribution < -0.4 is 5.73 Å². The zero-order valence-corrected chi connectivity index (χ0v) is 16.2. The number of anilines is 1. The van der Waals surface area contributed by atoms with Crippen LogP contribution in [0.25, 0.3) is 10.9 Å². The molecular formula is C22H30N4O. The van der Waals surface area contributed by atoms with Gasteiger partial charge in [0, 0.05) is 24.4 Å². The molecule has 3 heterocycles. The number of likely N-dealkylation sites (tertiary alicyclic amines) is 2. The fourth-order valence-corrected chi connectivity index (χ4v) is 4.57. The van der Waals surface area contributed by atoms with Gasteiger partial charge in [0.15, 0.2) is 0 Å². The Kier molecular flexibility index (Phi) is 5.30. The highest BCUT2D eigenvalue weighted by Gasteiger charge is 2.31. The summed E-state index contributed by atoms with van der Waals surface area (Å²) in [6.45, 7) is 5.79. The van der Waals surface area contributed by atoms with E-state index in [0.717, 1.165) is 61.3 Å². The number of aromatic nitrogens is 1. The first-order valence-electron chi connectivity index (χ1n) is 10.3. The van der Waals surface area contributed by atoms with Crippen molar-refractivity contribution in [2.24, 2.45) is 0 Å². The zero-order chi connectivity index (χ0) is 18.8. The first-order valence-corrected chi connectivity index (χ1v) is 10.3. The number of rotatable bonds is 3. The van der Waals surface area contributed by atoms with Gasteiger partial charge in [-0.2, -0.15) is 0 Å². The molecule has 2 N–H and O–H groups in total. The maximum absolute atomic E-state index is 12.9. The van der Waals surface area contributed by atoms with E-state index in [0.29, 0.717) is 5.92 Å². The Morgan fingerprint density at radius 1 is 1.11 bits per heavy atom.